The van der Waals surface area contributed by atoms with Gasteiger partial charge in [0.25, 0.3) is 0 Å². The van der Waals surface area contributed by atoms with Crippen LogP contribution in [0.2, 0.25) is 0 Å². The number of amides is 1. The fraction of sp³-hybridized carbons (Fsp3) is 0.286. The molecule has 4 nitrogen and oxygen atoms in total. The molecule has 0 fully saturated rings. The van der Waals surface area contributed by atoms with Crippen LogP contribution in [0.4, 0.5) is 0 Å². The van der Waals surface area contributed by atoms with Crippen LogP contribution >= 0.6 is 11.8 Å². The first kappa shape index (κ1) is 13.7. The summed E-state index contributed by atoms with van der Waals surface area (Å²) in [6.45, 7) is 3.86. The van der Waals surface area contributed by atoms with Gasteiger partial charge in [0, 0.05) is 12.4 Å². The fourth-order valence-corrected chi connectivity index (χ4v) is 2.46. The van der Waals surface area contributed by atoms with Crippen LogP contribution in [0.15, 0.2) is 47.9 Å². The summed E-state index contributed by atoms with van der Waals surface area (Å²) in [6.07, 6.45) is 3.43. The van der Waals surface area contributed by atoms with Gasteiger partial charge in [-0.3, -0.25) is 4.79 Å². The fourth-order valence-electron chi connectivity index (χ4n) is 1.69. The topological polar surface area (TPSA) is 57.8 Å². The van der Waals surface area contributed by atoms with Gasteiger partial charge in [-0.15, -0.1) is 0 Å². The number of nitrogens with one attached hydrogen (secondary N) is 2. The van der Waals surface area contributed by atoms with Crippen LogP contribution in [0, 0.1) is 0 Å². The molecule has 1 aromatic heterocycles. The van der Waals surface area contributed by atoms with Crippen LogP contribution in [0.3, 0.4) is 0 Å². The lowest BCUT2D eigenvalue weighted by Gasteiger charge is -2.17. The molecule has 1 aromatic carbocycles. The zero-order valence-corrected chi connectivity index (χ0v) is 11.8. The van der Waals surface area contributed by atoms with Crippen LogP contribution < -0.4 is 5.32 Å². The van der Waals surface area contributed by atoms with E-state index in [-0.39, 0.29) is 17.2 Å². The summed E-state index contributed by atoms with van der Waals surface area (Å²) in [6, 6.07) is 9.93. The Morgan fingerprint density at radius 1 is 1.32 bits per heavy atom. The summed E-state index contributed by atoms with van der Waals surface area (Å²) in [7, 11) is 0. The molecule has 0 aliphatic rings. The Morgan fingerprint density at radius 3 is 2.68 bits per heavy atom. The van der Waals surface area contributed by atoms with Crippen LogP contribution in [-0.2, 0) is 4.79 Å². The van der Waals surface area contributed by atoms with E-state index in [2.05, 4.69) is 15.3 Å². The molecule has 2 rings (SSSR count). The molecule has 0 aliphatic carbocycles. The van der Waals surface area contributed by atoms with Gasteiger partial charge >= 0.3 is 0 Å². The van der Waals surface area contributed by atoms with E-state index < -0.39 is 0 Å². The van der Waals surface area contributed by atoms with Gasteiger partial charge in [0.15, 0.2) is 5.16 Å². The van der Waals surface area contributed by atoms with Crippen LogP contribution in [0.25, 0.3) is 0 Å². The molecular weight excluding hydrogens is 258 g/mol. The Labute approximate surface area is 117 Å². The molecule has 0 bridgehead atoms. The van der Waals surface area contributed by atoms with E-state index >= 15 is 0 Å². The molecule has 0 radical (unpaired) electrons. The number of imidazole rings is 1. The smallest absolute Gasteiger partial charge is 0.233 e. The zero-order chi connectivity index (χ0) is 13.7. The number of benzene rings is 1. The lowest BCUT2D eigenvalue weighted by molar-refractivity contribution is -0.120. The van der Waals surface area contributed by atoms with Gasteiger partial charge in [-0.25, -0.2) is 4.98 Å². The van der Waals surface area contributed by atoms with Gasteiger partial charge < -0.3 is 10.3 Å². The van der Waals surface area contributed by atoms with Crippen molar-refractivity contribution in [2.75, 3.05) is 0 Å². The molecule has 19 heavy (non-hydrogen) atoms. The number of aromatic nitrogens is 2. The normalized spacial score (nSPS) is 13.8. The van der Waals surface area contributed by atoms with Crippen molar-refractivity contribution in [3.8, 4) is 0 Å². The van der Waals surface area contributed by atoms with Crippen LogP contribution in [0.1, 0.15) is 25.5 Å². The third-order valence-electron chi connectivity index (χ3n) is 2.79. The van der Waals surface area contributed by atoms with Crippen molar-refractivity contribution in [2.24, 2.45) is 0 Å². The summed E-state index contributed by atoms with van der Waals surface area (Å²) in [5, 5.41) is 3.58. The number of hydrogen-bond acceptors (Lipinski definition) is 3. The number of carbonyl (C=O) groups is 1. The molecule has 2 aromatic rings. The highest BCUT2D eigenvalue weighted by Crippen LogP contribution is 2.20. The molecule has 0 spiro atoms. The molecule has 5 heteroatoms. The molecule has 2 N–H and O–H groups in total. The van der Waals surface area contributed by atoms with Crippen molar-refractivity contribution in [3.63, 3.8) is 0 Å². The average molecular weight is 275 g/mol. The third kappa shape index (κ3) is 3.86. The van der Waals surface area contributed by atoms with Crippen molar-refractivity contribution < 1.29 is 4.79 Å². The predicted octanol–water partition coefficient (Wildman–Crippen LogP) is 2.77. The van der Waals surface area contributed by atoms with Crippen molar-refractivity contribution >= 4 is 17.7 Å². The van der Waals surface area contributed by atoms with Gasteiger partial charge in [0.1, 0.15) is 0 Å². The minimum Gasteiger partial charge on any atom is -0.349 e. The van der Waals surface area contributed by atoms with E-state index in [0.717, 1.165) is 10.7 Å². The summed E-state index contributed by atoms with van der Waals surface area (Å²) >= 11 is 1.42. The maximum atomic E-state index is 12.1. The van der Waals surface area contributed by atoms with E-state index in [1.54, 1.807) is 12.4 Å². The number of nitrogens with zero attached hydrogens (tertiary/aromatic N) is 1. The summed E-state index contributed by atoms with van der Waals surface area (Å²) < 4.78 is 0. The van der Waals surface area contributed by atoms with Crippen molar-refractivity contribution in [1.29, 1.82) is 0 Å². The lowest BCUT2D eigenvalue weighted by Crippen LogP contribution is -2.33. The minimum atomic E-state index is -0.183. The molecule has 0 saturated heterocycles. The van der Waals surface area contributed by atoms with E-state index in [0.29, 0.717) is 0 Å². The monoisotopic (exact) mass is 275 g/mol. The van der Waals surface area contributed by atoms with Crippen molar-refractivity contribution in [1.82, 2.24) is 15.3 Å². The second-order valence-corrected chi connectivity index (χ2v) is 5.62. The van der Waals surface area contributed by atoms with Crippen molar-refractivity contribution in [2.45, 2.75) is 30.3 Å². The summed E-state index contributed by atoms with van der Waals surface area (Å²) in [4.78, 5) is 19.2. The Hall–Kier alpha value is -1.75. The Balaban J connectivity index is 1.90. The van der Waals surface area contributed by atoms with E-state index in [1.807, 2.05) is 44.2 Å². The number of hydrogen-bond donors (Lipinski definition) is 2. The number of rotatable bonds is 5. The van der Waals surface area contributed by atoms with Gasteiger partial charge in [0.2, 0.25) is 5.91 Å². The largest absolute Gasteiger partial charge is 0.349 e. The maximum absolute atomic E-state index is 12.1. The average Bonchev–Trinajstić information content (AvgIpc) is 2.92. The molecule has 1 amide bonds. The summed E-state index contributed by atoms with van der Waals surface area (Å²) in [5.74, 6) is 0.0118. The molecule has 1 heterocycles. The minimum absolute atomic E-state index is 0.00773. The SMILES string of the molecule is C[C@H](NC(=O)[C@@H](C)Sc1ncc[nH]1)c1ccccc1. The Bertz CT molecular complexity index is 513. The van der Waals surface area contributed by atoms with E-state index in [1.165, 1.54) is 11.8 Å². The highest BCUT2D eigenvalue weighted by Gasteiger charge is 2.17. The van der Waals surface area contributed by atoms with Crippen LogP contribution in [0.5, 0.6) is 0 Å². The number of H-pyrrole nitrogens is 1. The van der Waals surface area contributed by atoms with Gasteiger partial charge in [-0.2, -0.15) is 0 Å². The van der Waals surface area contributed by atoms with E-state index in [4.69, 9.17) is 0 Å². The van der Waals surface area contributed by atoms with E-state index in [9.17, 15) is 4.79 Å². The van der Waals surface area contributed by atoms with Gasteiger partial charge in [-0.1, -0.05) is 42.1 Å². The maximum Gasteiger partial charge on any atom is 0.233 e. The number of aromatic amines is 1. The Kier molecular flexibility index (Phi) is 4.63. The standard InChI is InChI=1S/C14H17N3OS/c1-10(12-6-4-3-5-7-12)17-13(18)11(2)19-14-15-8-9-16-14/h3-11H,1-2H3,(H,15,16)(H,17,18)/t10-,11+/m0/s1. The van der Waals surface area contributed by atoms with Gasteiger partial charge in [0.05, 0.1) is 11.3 Å². The highest BCUT2D eigenvalue weighted by atomic mass is 32.2. The first-order valence-corrected chi connectivity index (χ1v) is 7.06. The zero-order valence-electron chi connectivity index (χ0n) is 11.0. The second-order valence-electron chi connectivity index (χ2n) is 4.30. The molecule has 0 unspecified atom stereocenters. The first-order valence-electron chi connectivity index (χ1n) is 6.18. The quantitative estimate of drug-likeness (QED) is 0.825. The lowest BCUT2D eigenvalue weighted by atomic mass is 10.1. The first-order chi connectivity index (χ1) is 9.16. The molecule has 100 valence electrons. The predicted molar refractivity (Wildman–Crippen MR) is 76.9 cm³/mol. The third-order valence-corrected chi connectivity index (χ3v) is 3.80. The highest BCUT2D eigenvalue weighted by molar-refractivity contribution is 8.00. The van der Waals surface area contributed by atoms with Crippen LogP contribution in [-0.4, -0.2) is 21.1 Å². The summed E-state index contributed by atoms with van der Waals surface area (Å²) in [5.41, 5.74) is 1.10. The molecule has 0 saturated carbocycles. The Morgan fingerprint density at radius 2 is 2.05 bits per heavy atom. The van der Waals surface area contributed by atoms with Gasteiger partial charge in [-0.05, 0) is 19.4 Å². The molecule has 0 aliphatic heterocycles. The number of thioether (sulfide) groups is 1. The number of carbonyl (C=O) groups excluding carboxylic acids is 1. The molecule has 2 atom stereocenters. The molecular formula is C14H17N3OS. The second kappa shape index (κ2) is 6.43. The van der Waals surface area contributed by atoms with Crippen molar-refractivity contribution in [3.05, 3.63) is 48.3 Å².